The highest BCUT2D eigenvalue weighted by molar-refractivity contribution is 6.52. The van der Waals surface area contributed by atoms with Crippen LogP contribution in [-0.2, 0) is 18.6 Å². The maximum atomic E-state index is 5.59. The lowest BCUT2D eigenvalue weighted by Gasteiger charge is -2.18. The monoisotopic (exact) mass is 226 g/mol. The van der Waals surface area contributed by atoms with Gasteiger partial charge in [-0.1, -0.05) is 26.2 Å². The lowest BCUT2D eigenvalue weighted by atomic mass is 9.59. The molecule has 2 saturated heterocycles. The Morgan fingerprint density at radius 2 is 1.62 bits per heavy atom. The summed E-state index contributed by atoms with van der Waals surface area (Å²) in [7, 11) is -0.0889. The van der Waals surface area contributed by atoms with Crippen molar-refractivity contribution in [2.24, 2.45) is 0 Å². The van der Waals surface area contributed by atoms with E-state index in [9.17, 15) is 0 Å². The first-order valence-electron chi connectivity index (χ1n) is 6.36. The number of hydrogen-bond acceptors (Lipinski definition) is 4. The second kappa shape index (κ2) is 6.64. The molecule has 16 heavy (non-hydrogen) atoms. The maximum absolute atomic E-state index is 5.59. The molecule has 0 aromatic carbocycles. The van der Waals surface area contributed by atoms with Crippen molar-refractivity contribution in [2.75, 3.05) is 26.4 Å². The van der Waals surface area contributed by atoms with Crippen LogP contribution in [0.2, 0.25) is 12.1 Å². The minimum atomic E-state index is -0.0466. The average Bonchev–Trinajstić information content (AvgIpc) is 2.96. The van der Waals surface area contributed by atoms with Gasteiger partial charge >= 0.3 is 14.2 Å². The van der Waals surface area contributed by atoms with Crippen LogP contribution in [0.15, 0.2) is 0 Å². The quantitative estimate of drug-likeness (QED) is 0.644. The van der Waals surface area contributed by atoms with Crippen LogP contribution >= 0.6 is 0 Å². The zero-order valence-corrected chi connectivity index (χ0v) is 10.0. The van der Waals surface area contributed by atoms with Crippen molar-refractivity contribution in [3.8, 4) is 0 Å². The first-order valence-corrected chi connectivity index (χ1v) is 6.36. The Labute approximate surface area is 98.3 Å². The van der Waals surface area contributed by atoms with Gasteiger partial charge in [0.15, 0.2) is 0 Å². The van der Waals surface area contributed by atoms with Crippen LogP contribution in [0.1, 0.15) is 26.2 Å². The van der Waals surface area contributed by atoms with Gasteiger partial charge in [-0.25, -0.2) is 0 Å². The molecule has 0 aliphatic carbocycles. The van der Waals surface area contributed by atoms with E-state index in [0.29, 0.717) is 5.82 Å². The van der Waals surface area contributed by atoms with Crippen LogP contribution in [-0.4, -0.2) is 40.7 Å². The number of rotatable bonds is 6. The summed E-state index contributed by atoms with van der Waals surface area (Å²) in [6.07, 6.45) is 4.44. The van der Waals surface area contributed by atoms with E-state index in [4.69, 9.17) is 18.6 Å². The lowest BCUT2D eigenvalue weighted by molar-refractivity contribution is 0.338. The largest absolute Gasteiger partial charge is 0.459 e. The fourth-order valence-electron chi connectivity index (χ4n) is 2.27. The summed E-state index contributed by atoms with van der Waals surface area (Å²) in [4.78, 5) is 0. The topological polar surface area (TPSA) is 36.9 Å². The summed E-state index contributed by atoms with van der Waals surface area (Å²) in [5, 5.41) is 0. The van der Waals surface area contributed by atoms with E-state index in [1.807, 2.05) is 0 Å². The molecule has 1 atom stereocenters. The summed E-state index contributed by atoms with van der Waals surface area (Å²) < 4.78 is 22.2. The highest BCUT2D eigenvalue weighted by atomic mass is 16.6. The van der Waals surface area contributed by atoms with Crippen molar-refractivity contribution in [3.63, 3.8) is 0 Å². The molecule has 0 saturated carbocycles. The SMILES string of the molecule is CCCCC(CB1OCCO1)B1OCCO1. The fourth-order valence-corrected chi connectivity index (χ4v) is 2.27. The van der Waals surface area contributed by atoms with Gasteiger partial charge in [0.05, 0.1) is 26.4 Å². The smallest absolute Gasteiger partial charge is 0.409 e. The van der Waals surface area contributed by atoms with E-state index in [2.05, 4.69) is 6.92 Å². The molecule has 0 N–H and O–H groups in total. The zero-order valence-electron chi connectivity index (χ0n) is 10.0. The van der Waals surface area contributed by atoms with E-state index < -0.39 is 0 Å². The minimum absolute atomic E-state index is 0.0423. The van der Waals surface area contributed by atoms with E-state index in [1.54, 1.807) is 0 Å². The first-order chi connectivity index (χ1) is 7.90. The Balaban J connectivity index is 1.80. The van der Waals surface area contributed by atoms with Crippen LogP contribution in [0.5, 0.6) is 0 Å². The molecule has 1 unspecified atom stereocenters. The first kappa shape index (κ1) is 12.4. The fraction of sp³-hybridized carbons (Fsp3) is 1.00. The third kappa shape index (κ3) is 3.48. The van der Waals surface area contributed by atoms with Gasteiger partial charge in [0.25, 0.3) is 0 Å². The third-order valence-corrected chi connectivity index (χ3v) is 3.15. The molecule has 0 spiro atoms. The van der Waals surface area contributed by atoms with Crippen LogP contribution < -0.4 is 0 Å². The summed E-state index contributed by atoms with van der Waals surface area (Å²) in [5.74, 6) is 0.408. The van der Waals surface area contributed by atoms with Gasteiger partial charge < -0.3 is 18.6 Å². The van der Waals surface area contributed by atoms with Gasteiger partial charge in [-0.3, -0.25) is 0 Å². The van der Waals surface area contributed by atoms with E-state index in [-0.39, 0.29) is 14.2 Å². The molecule has 2 aliphatic rings. The minimum Gasteiger partial charge on any atom is -0.409 e. The molecule has 0 aromatic heterocycles. The summed E-state index contributed by atoms with van der Waals surface area (Å²) in [6.45, 7) is 5.09. The van der Waals surface area contributed by atoms with E-state index >= 15 is 0 Å². The van der Waals surface area contributed by atoms with Crippen LogP contribution in [0.25, 0.3) is 0 Å². The molecule has 4 nitrogen and oxygen atoms in total. The predicted octanol–water partition coefficient (Wildman–Crippen LogP) is 1.62. The second-order valence-corrected chi connectivity index (χ2v) is 4.42. The molecule has 0 bridgehead atoms. The maximum Gasteiger partial charge on any atom is 0.459 e. The second-order valence-electron chi connectivity index (χ2n) is 4.42. The Morgan fingerprint density at radius 1 is 1.00 bits per heavy atom. The molecule has 6 heteroatoms. The van der Waals surface area contributed by atoms with Crippen molar-refractivity contribution >= 4 is 14.2 Å². The Morgan fingerprint density at radius 3 is 2.25 bits per heavy atom. The van der Waals surface area contributed by atoms with E-state index in [1.165, 1.54) is 12.8 Å². The lowest BCUT2D eigenvalue weighted by Crippen LogP contribution is -2.28. The molecule has 2 rings (SSSR count). The summed E-state index contributed by atoms with van der Waals surface area (Å²) in [5.41, 5.74) is 0. The predicted molar refractivity (Wildman–Crippen MR) is 63.4 cm³/mol. The molecular formula is C10H20B2O4. The summed E-state index contributed by atoms with van der Waals surface area (Å²) in [6, 6.07) is 0. The van der Waals surface area contributed by atoms with Crippen molar-refractivity contribution in [1.29, 1.82) is 0 Å². The number of hydrogen-bond donors (Lipinski definition) is 0. The van der Waals surface area contributed by atoms with Gasteiger partial charge in [-0.15, -0.1) is 0 Å². The molecule has 2 aliphatic heterocycles. The highest BCUT2D eigenvalue weighted by Gasteiger charge is 2.38. The van der Waals surface area contributed by atoms with Gasteiger partial charge in [-0.05, 0) is 12.1 Å². The van der Waals surface area contributed by atoms with Crippen LogP contribution in [0, 0.1) is 0 Å². The van der Waals surface area contributed by atoms with Crippen molar-refractivity contribution in [1.82, 2.24) is 0 Å². The standard InChI is InChI=1S/C10H20B2O4/c1-2-3-4-10(12-15-7-8-16-12)9-11-13-5-6-14-11/h10H,2-9H2,1H3. The van der Waals surface area contributed by atoms with Crippen molar-refractivity contribution in [3.05, 3.63) is 0 Å². The number of unbranched alkanes of at least 4 members (excludes halogenated alkanes) is 1. The van der Waals surface area contributed by atoms with Gasteiger partial charge in [0.2, 0.25) is 0 Å². The Bertz CT molecular complexity index is 193. The van der Waals surface area contributed by atoms with Gasteiger partial charge in [-0.2, -0.15) is 0 Å². The zero-order chi connectivity index (χ0) is 11.2. The Kier molecular flexibility index (Phi) is 5.16. The van der Waals surface area contributed by atoms with Gasteiger partial charge in [0.1, 0.15) is 0 Å². The van der Waals surface area contributed by atoms with Crippen molar-refractivity contribution < 1.29 is 18.6 Å². The summed E-state index contributed by atoms with van der Waals surface area (Å²) >= 11 is 0. The van der Waals surface area contributed by atoms with Crippen LogP contribution in [0.3, 0.4) is 0 Å². The van der Waals surface area contributed by atoms with Crippen LogP contribution in [0.4, 0.5) is 0 Å². The van der Waals surface area contributed by atoms with E-state index in [0.717, 1.165) is 39.2 Å². The molecule has 2 heterocycles. The third-order valence-electron chi connectivity index (χ3n) is 3.15. The molecule has 0 radical (unpaired) electrons. The molecule has 0 aromatic rings. The van der Waals surface area contributed by atoms with Crippen molar-refractivity contribution in [2.45, 2.75) is 38.3 Å². The Hall–Kier alpha value is -0.0301. The highest BCUT2D eigenvalue weighted by Crippen LogP contribution is 2.29. The average molecular weight is 226 g/mol. The molecular weight excluding hydrogens is 206 g/mol. The molecule has 2 fully saturated rings. The van der Waals surface area contributed by atoms with Gasteiger partial charge in [0, 0.05) is 0 Å². The normalized spacial score (nSPS) is 23.1. The molecule has 0 amide bonds. The molecule has 90 valence electrons.